The van der Waals surface area contributed by atoms with Crippen molar-refractivity contribution in [3.05, 3.63) is 30.1 Å². The van der Waals surface area contributed by atoms with E-state index in [4.69, 9.17) is 4.74 Å². The molecule has 1 fully saturated rings. The summed E-state index contributed by atoms with van der Waals surface area (Å²) < 4.78 is 5.94. The summed E-state index contributed by atoms with van der Waals surface area (Å²) in [5, 5.41) is 3.50. The van der Waals surface area contributed by atoms with Crippen molar-refractivity contribution in [2.75, 3.05) is 6.54 Å². The van der Waals surface area contributed by atoms with Crippen LogP contribution in [0.5, 0.6) is 0 Å². The molecule has 16 heavy (non-hydrogen) atoms. The minimum absolute atomic E-state index is 0.281. The summed E-state index contributed by atoms with van der Waals surface area (Å²) >= 11 is 0. The monoisotopic (exact) mass is 220 g/mol. The Morgan fingerprint density at radius 1 is 1.56 bits per heavy atom. The van der Waals surface area contributed by atoms with Gasteiger partial charge in [-0.05, 0) is 37.9 Å². The first-order valence-electron chi connectivity index (χ1n) is 6.10. The van der Waals surface area contributed by atoms with Crippen LogP contribution in [0, 0.1) is 0 Å². The second-order valence-corrected chi connectivity index (χ2v) is 4.38. The molecule has 3 unspecified atom stereocenters. The van der Waals surface area contributed by atoms with Crippen LogP contribution in [0.4, 0.5) is 0 Å². The molecule has 1 N–H and O–H groups in total. The van der Waals surface area contributed by atoms with Crippen LogP contribution < -0.4 is 5.32 Å². The van der Waals surface area contributed by atoms with Gasteiger partial charge in [-0.3, -0.25) is 4.98 Å². The van der Waals surface area contributed by atoms with Crippen molar-refractivity contribution in [2.24, 2.45) is 0 Å². The first kappa shape index (κ1) is 11.6. The lowest BCUT2D eigenvalue weighted by molar-refractivity contribution is 0.0319. The molecule has 0 saturated carbocycles. The van der Waals surface area contributed by atoms with Crippen LogP contribution in [0.15, 0.2) is 24.5 Å². The van der Waals surface area contributed by atoms with Crippen molar-refractivity contribution in [3.63, 3.8) is 0 Å². The largest absolute Gasteiger partial charge is 0.373 e. The highest BCUT2D eigenvalue weighted by Gasteiger charge is 2.30. The minimum atomic E-state index is 0.281. The van der Waals surface area contributed by atoms with Crippen molar-refractivity contribution >= 4 is 0 Å². The molecular formula is C13H20N2O. The Morgan fingerprint density at radius 2 is 2.44 bits per heavy atom. The highest BCUT2D eigenvalue weighted by Crippen LogP contribution is 2.29. The second kappa shape index (κ2) is 5.41. The van der Waals surface area contributed by atoms with Gasteiger partial charge in [-0.15, -0.1) is 0 Å². The number of nitrogens with one attached hydrogen (secondary N) is 1. The first-order chi connectivity index (χ1) is 7.81. The number of hydrogen-bond donors (Lipinski definition) is 1. The average molecular weight is 220 g/mol. The molecule has 0 radical (unpaired) electrons. The van der Waals surface area contributed by atoms with E-state index in [1.54, 1.807) is 0 Å². The van der Waals surface area contributed by atoms with Crippen LogP contribution in [0.2, 0.25) is 0 Å². The van der Waals surface area contributed by atoms with Crippen molar-refractivity contribution in [2.45, 2.75) is 44.9 Å². The molecule has 0 spiro atoms. The van der Waals surface area contributed by atoms with Crippen LogP contribution in [-0.4, -0.2) is 23.7 Å². The summed E-state index contributed by atoms with van der Waals surface area (Å²) in [6.07, 6.45) is 6.71. The van der Waals surface area contributed by atoms with E-state index in [0.717, 1.165) is 19.4 Å². The zero-order chi connectivity index (χ0) is 11.4. The summed E-state index contributed by atoms with van der Waals surface area (Å²) in [6, 6.07) is 4.38. The number of likely N-dealkylation sites (N-methyl/N-ethyl adjacent to an activating group) is 1. The number of nitrogens with zero attached hydrogens (tertiary/aromatic N) is 1. The third-order valence-electron chi connectivity index (χ3n) is 3.10. The molecule has 3 atom stereocenters. The van der Waals surface area contributed by atoms with Gasteiger partial charge >= 0.3 is 0 Å². The maximum Gasteiger partial charge on any atom is 0.0774 e. The predicted molar refractivity (Wildman–Crippen MR) is 64.2 cm³/mol. The van der Waals surface area contributed by atoms with Crippen LogP contribution in [0.25, 0.3) is 0 Å². The van der Waals surface area contributed by atoms with Crippen LogP contribution >= 0.6 is 0 Å². The molecule has 1 aliphatic rings. The van der Waals surface area contributed by atoms with Gasteiger partial charge in [-0.25, -0.2) is 0 Å². The molecule has 1 saturated heterocycles. The fraction of sp³-hybridized carbons (Fsp3) is 0.615. The lowest BCUT2D eigenvalue weighted by Crippen LogP contribution is -2.32. The van der Waals surface area contributed by atoms with Crippen molar-refractivity contribution < 1.29 is 4.74 Å². The molecule has 0 bridgehead atoms. The van der Waals surface area contributed by atoms with Gasteiger partial charge in [0.25, 0.3) is 0 Å². The van der Waals surface area contributed by atoms with Crippen molar-refractivity contribution in [3.8, 4) is 0 Å². The molecule has 2 heterocycles. The van der Waals surface area contributed by atoms with Crippen molar-refractivity contribution in [1.82, 2.24) is 10.3 Å². The van der Waals surface area contributed by atoms with Crippen LogP contribution in [0.3, 0.4) is 0 Å². The highest BCUT2D eigenvalue weighted by atomic mass is 16.5. The Bertz CT molecular complexity index is 315. The van der Waals surface area contributed by atoms with Gasteiger partial charge in [0.1, 0.15) is 0 Å². The maximum absolute atomic E-state index is 5.94. The topological polar surface area (TPSA) is 34.2 Å². The van der Waals surface area contributed by atoms with E-state index in [-0.39, 0.29) is 6.04 Å². The third kappa shape index (κ3) is 2.60. The van der Waals surface area contributed by atoms with E-state index in [2.05, 4.69) is 30.2 Å². The fourth-order valence-corrected chi connectivity index (χ4v) is 2.32. The predicted octanol–water partition coefficient (Wildman–Crippen LogP) is 2.30. The Hall–Kier alpha value is -0.930. The first-order valence-corrected chi connectivity index (χ1v) is 6.10. The Kier molecular flexibility index (Phi) is 3.91. The quantitative estimate of drug-likeness (QED) is 0.845. The van der Waals surface area contributed by atoms with Crippen LogP contribution in [-0.2, 0) is 4.74 Å². The van der Waals surface area contributed by atoms with Gasteiger partial charge < -0.3 is 10.1 Å². The lowest BCUT2D eigenvalue weighted by Gasteiger charge is -2.24. The number of rotatable bonds is 4. The molecule has 2 rings (SSSR count). The molecule has 1 aliphatic heterocycles. The van der Waals surface area contributed by atoms with E-state index in [1.807, 2.05) is 18.5 Å². The van der Waals surface area contributed by atoms with Gasteiger partial charge in [0, 0.05) is 12.4 Å². The molecule has 0 aromatic carbocycles. The number of ether oxygens (including phenoxy) is 1. The zero-order valence-corrected chi connectivity index (χ0v) is 10.0. The van der Waals surface area contributed by atoms with Gasteiger partial charge in [0.15, 0.2) is 0 Å². The Morgan fingerprint density at radius 3 is 3.00 bits per heavy atom. The molecule has 1 aromatic rings. The van der Waals surface area contributed by atoms with Gasteiger partial charge in [0.05, 0.1) is 18.2 Å². The molecule has 3 nitrogen and oxygen atoms in total. The third-order valence-corrected chi connectivity index (χ3v) is 3.10. The number of pyridine rings is 1. The van der Waals surface area contributed by atoms with E-state index >= 15 is 0 Å². The normalized spacial score (nSPS) is 26.9. The summed E-state index contributed by atoms with van der Waals surface area (Å²) in [6.45, 7) is 5.22. The molecule has 0 aliphatic carbocycles. The van der Waals surface area contributed by atoms with E-state index in [9.17, 15) is 0 Å². The summed E-state index contributed by atoms with van der Waals surface area (Å²) in [5.41, 5.74) is 1.23. The second-order valence-electron chi connectivity index (χ2n) is 4.38. The molecule has 0 amide bonds. The molecule has 88 valence electrons. The van der Waals surface area contributed by atoms with E-state index in [1.165, 1.54) is 5.56 Å². The summed E-state index contributed by atoms with van der Waals surface area (Å²) in [5.74, 6) is 0. The molecule has 1 aromatic heterocycles. The Labute approximate surface area is 97.2 Å². The molecule has 3 heteroatoms. The van der Waals surface area contributed by atoms with Gasteiger partial charge in [-0.1, -0.05) is 13.0 Å². The summed E-state index contributed by atoms with van der Waals surface area (Å²) in [4.78, 5) is 4.18. The zero-order valence-electron chi connectivity index (χ0n) is 10.0. The lowest BCUT2D eigenvalue weighted by atomic mass is 10.0. The van der Waals surface area contributed by atoms with E-state index in [0.29, 0.717) is 12.2 Å². The van der Waals surface area contributed by atoms with Gasteiger partial charge in [0.2, 0.25) is 0 Å². The number of hydrogen-bond acceptors (Lipinski definition) is 3. The minimum Gasteiger partial charge on any atom is -0.373 e. The van der Waals surface area contributed by atoms with Crippen molar-refractivity contribution in [1.29, 1.82) is 0 Å². The highest BCUT2D eigenvalue weighted by molar-refractivity contribution is 5.16. The number of aromatic nitrogens is 1. The van der Waals surface area contributed by atoms with Crippen LogP contribution in [0.1, 0.15) is 38.3 Å². The maximum atomic E-state index is 5.94. The van der Waals surface area contributed by atoms with E-state index < -0.39 is 0 Å². The Balaban J connectivity index is 2.11. The average Bonchev–Trinajstić information content (AvgIpc) is 2.74. The fourth-order valence-electron chi connectivity index (χ4n) is 2.32. The molecular weight excluding hydrogens is 200 g/mol. The SMILES string of the molecule is CCNC(c1cccnc1)C1CCC(C)O1. The smallest absolute Gasteiger partial charge is 0.0774 e. The standard InChI is InChI=1S/C13H20N2O/c1-3-15-13(11-5-4-8-14-9-11)12-7-6-10(2)16-12/h4-5,8-10,12-13,15H,3,6-7H2,1-2H3. The summed E-state index contributed by atoms with van der Waals surface area (Å²) in [7, 11) is 0. The van der Waals surface area contributed by atoms with Gasteiger partial charge in [-0.2, -0.15) is 0 Å².